The van der Waals surface area contributed by atoms with Crippen molar-refractivity contribution in [1.82, 2.24) is 10.3 Å². The highest BCUT2D eigenvalue weighted by Crippen LogP contribution is 2.18. The van der Waals surface area contributed by atoms with Gasteiger partial charge in [-0.3, -0.25) is 4.98 Å². The maximum absolute atomic E-state index is 10.6. The zero-order valence-corrected chi connectivity index (χ0v) is 15.3. The van der Waals surface area contributed by atoms with Crippen LogP contribution in [0.25, 0.3) is 0 Å². The Bertz CT molecular complexity index is 578. The summed E-state index contributed by atoms with van der Waals surface area (Å²) in [4.78, 5) is 22.1. The molecule has 12 heteroatoms. The number of aliphatic carboxylic acids is 2. The zero-order valence-electron chi connectivity index (χ0n) is 15.3. The Kier molecular flexibility index (Phi) is 11.9. The fourth-order valence-electron chi connectivity index (χ4n) is 2.29. The van der Waals surface area contributed by atoms with Crippen molar-refractivity contribution in [2.45, 2.75) is 44.5 Å². The van der Waals surface area contributed by atoms with Gasteiger partial charge < -0.3 is 15.5 Å². The number of halogens is 6. The highest BCUT2D eigenvalue weighted by atomic mass is 19.4. The van der Waals surface area contributed by atoms with Gasteiger partial charge in [0.05, 0.1) is 0 Å². The molecule has 166 valence electrons. The standard InChI is InChI=1S/C13H20N2.2C2HF3O2/c1-2-9-15-13(5-1)6-3-4-12-7-10-14-11-8-12;2*3-2(4,5)1(6)7/h1-2,5,9,12,14H,3-4,6-8,10-11H2;2*(H,6,7). The lowest BCUT2D eigenvalue weighted by Crippen LogP contribution is -2.27. The average molecular weight is 432 g/mol. The number of carboxylic acids is 2. The molecule has 1 aromatic rings. The van der Waals surface area contributed by atoms with Gasteiger partial charge in [-0.05, 0) is 63.2 Å². The number of alkyl halides is 6. The summed E-state index contributed by atoms with van der Waals surface area (Å²) in [6.45, 7) is 2.43. The Morgan fingerprint density at radius 3 is 1.86 bits per heavy atom. The largest absolute Gasteiger partial charge is 0.490 e. The number of carbonyl (C=O) groups is 2. The van der Waals surface area contributed by atoms with Crippen LogP contribution >= 0.6 is 0 Å². The van der Waals surface area contributed by atoms with Crippen molar-refractivity contribution in [3.63, 3.8) is 0 Å². The summed E-state index contributed by atoms with van der Waals surface area (Å²) in [6, 6.07) is 6.19. The zero-order chi connectivity index (χ0) is 22.5. The Labute approximate surface area is 162 Å². The maximum atomic E-state index is 10.6. The molecule has 0 aliphatic carbocycles. The molecule has 29 heavy (non-hydrogen) atoms. The van der Waals surface area contributed by atoms with Crippen LogP contribution in [0.5, 0.6) is 0 Å². The Balaban J connectivity index is 0.000000473. The van der Waals surface area contributed by atoms with Crippen LogP contribution < -0.4 is 5.32 Å². The molecule has 1 fully saturated rings. The summed E-state index contributed by atoms with van der Waals surface area (Å²) in [6.07, 6.45) is -1.74. The molecule has 0 atom stereocenters. The molecular weight excluding hydrogens is 410 g/mol. The van der Waals surface area contributed by atoms with E-state index in [0.29, 0.717) is 0 Å². The molecule has 2 heterocycles. The van der Waals surface area contributed by atoms with Crippen molar-refractivity contribution >= 4 is 11.9 Å². The van der Waals surface area contributed by atoms with Gasteiger partial charge in [-0.2, -0.15) is 26.3 Å². The molecule has 2 rings (SSSR count). The Hall–Kier alpha value is -2.37. The first-order valence-corrected chi connectivity index (χ1v) is 8.55. The molecular formula is C17H22F6N2O4. The smallest absolute Gasteiger partial charge is 0.475 e. The number of pyridine rings is 1. The van der Waals surface area contributed by atoms with Gasteiger partial charge in [0.1, 0.15) is 0 Å². The first-order valence-electron chi connectivity index (χ1n) is 8.55. The minimum absolute atomic E-state index is 0.954. The first kappa shape index (κ1) is 26.6. The van der Waals surface area contributed by atoms with E-state index in [1.807, 2.05) is 12.3 Å². The third kappa shape index (κ3) is 14.3. The number of carboxylic acid groups (broad SMARTS) is 2. The van der Waals surface area contributed by atoms with Crippen molar-refractivity contribution in [1.29, 1.82) is 0 Å². The second-order valence-electron chi connectivity index (χ2n) is 6.01. The minimum Gasteiger partial charge on any atom is -0.475 e. The van der Waals surface area contributed by atoms with E-state index in [0.717, 1.165) is 12.3 Å². The van der Waals surface area contributed by atoms with Gasteiger partial charge >= 0.3 is 24.3 Å². The van der Waals surface area contributed by atoms with Crippen LogP contribution in [0.3, 0.4) is 0 Å². The first-order chi connectivity index (χ1) is 13.3. The molecule has 0 unspecified atom stereocenters. The van der Waals surface area contributed by atoms with Gasteiger partial charge in [-0.15, -0.1) is 0 Å². The maximum Gasteiger partial charge on any atom is 0.490 e. The van der Waals surface area contributed by atoms with E-state index in [-0.39, 0.29) is 0 Å². The topological polar surface area (TPSA) is 99.5 Å². The summed E-state index contributed by atoms with van der Waals surface area (Å²) >= 11 is 0. The number of rotatable bonds is 4. The molecule has 1 saturated heterocycles. The van der Waals surface area contributed by atoms with Crippen LogP contribution in [0.15, 0.2) is 24.4 Å². The SMILES string of the molecule is O=C(O)C(F)(F)F.O=C(O)C(F)(F)F.c1ccc(CCCC2CCNCC2)nc1. The lowest BCUT2D eigenvalue weighted by Gasteiger charge is -2.22. The van der Waals surface area contributed by atoms with Gasteiger partial charge in [-0.25, -0.2) is 9.59 Å². The lowest BCUT2D eigenvalue weighted by molar-refractivity contribution is -0.193. The number of aryl methyl sites for hydroxylation is 1. The van der Waals surface area contributed by atoms with Gasteiger partial charge in [0, 0.05) is 11.9 Å². The van der Waals surface area contributed by atoms with Crippen LogP contribution in [0.2, 0.25) is 0 Å². The number of piperidine rings is 1. The number of hydrogen-bond donors (Lipinski definition) is 3. The molecule has 0 spiro atoms. The fourth-order valence-corrected chi connectivity index (χ4v) is 2.29. The molecule has 3 N–H and O–H groups in total. The number of nitrogens with zero attached hydrogens (tertiary/aromatic N) is 1. The summed E-state index contributed by atoms with van der Waals surface area (Å²) in [5.74, 6) is -4.56. The molecule has 0 aromatic carbocycles. The van der Waals surface area contributed by atoms with Gasteiger partial charge in [0.2, 0.25) is 0 Å². The van der Waals surface area contributed by atoms with E-state index in [4.69, 9.17) is 19.8 Å². The molecule has 0 saturated carbocycles. The summed E-state index contributed by atoms with van der Waals surface area (Å²) in [7, 11) is 0. The van der Waals surface area contributed by atoms with Crippen molar-refractivity contribution in [2.75, 3.05) is 13.1 Å². The average Bonchev–Trinajstić information content (AvgIpc) is 2.63. The highest BCUT2D eigenvalue weighted by molar-refractivity contribution is 5.73. The second-order valence-corrected chi connectivity index (χ2v) is 6.01. The number of nitrogens with one attached hydrogen (secondary N) is 1. The molecule has 1 aromatic heterocycles. The van der Waals surface area contributed by atoms with Crippen LogP contribution in [-0.2, 0) is 16.0 Å². The quantitative estimate of drug-likeness (QED) is 0.628. The van der Waals surface area contributed by atoms with Crippen molar-refractivity contribution in [3.05, 3.63) is 30.1 Å². The van der Waals surface area contributed by atoms with Gasteiger partial charge in [-0.1, -0.05) is 6.07 Å². The van der Waals surface area contributed by atoms with E-state index < -0.39 is 24.3 Å². The minimum atomic E-state index is -5.08. The monoisotopic (exact) mass is 432 g/mol. The van der Waals surface area contributed by atoms with Crippen LogP contribution in [0.4, 0.5) is 26.3 Å². The third-order valence-electron chi connectivity index (χ3n) is 3.72. The fraction of sp³-hybridized carbons (Fsp3) is 0.588. The summed E-state index contributed by atoms with van der Waals surface area (Å²) in [5.41, 5.74) is 1.24. The predicted molar refractivity (Wildman–Crippen MR) is 90.2 cm³/mol. The molecule has 1 aliphatic heterocycles. The molecule has 0 radical (unpaired) electrons. The van der Waals surface area contributed by atoms with E-state index in [1.165, 1.54) is 44.5 Å². The molecule has 0 amide bonds. The van der Waals surface area contributed by atoms with Gasteiger partial charge in [0.25, 0.3) is 0 Å². The molecule has 6 nitrogen and oxygen atoms in total. The molecule has 1 aliphatic rings. The van der Waals surface area contributed by atoms with E-state index in [9.17, 15) is 26.3 Å². The van der Waals surface area contributed by atoms with Crippen molar-refractivity contribution < 1.29 is 46.1 Å². The number of aromatic nitrogens is 1. The molecule has 0 bridgehead atoms. The van der Waals surface area contributed by atoms with E-state index >= 15 is 0 Å². The third-order valence-corrected chi connectivity index (χ3v) is 3.72. The van der Waals surface area contributed by atoms with Gasteiger partial charge in [0.15, 0.2) is 0 Å². The lowest BCUT2D eigenvalue weighted by atomic mass is 9.92. The number of hydrogen-bond acceptors (Lipinski definition) is 4. The Morgan fingerprint density at radius 2 is 1.48 bits per heavy atom. The normalized spacial score (nSPS) is 14.7. The van der Waals surface area contributed by atoms with Crippen LogP contribution in [-0.4, -0.2) is 52.6 Å². The van der Waals surface area contributed by atoms with Crippen molar-refractivity contribution in [3.8, 4) is 0 Å². The highest BCUT2D eigenvalue weighted by Gasteiger charge is 2.38. The van der Waals surface area contributed by atoms with Crippen LogP contribution in [0, 0.1) is 5.92 Å². The van der Waals surface area contributed by atoms with Crippen LogP contribution in [0.1, 0.15) is 31.4 Å². The second kappa shape index (κ2) is 13.0. The van der Waals surface area contributed by atoms with Crippen molar-refractivity contribution in [2.24, 2.45) is 5.92 Å². The van der Waals surface area contributed by atoms with E-state index in [1.54, 1.807) is 0 Å². The Morgan fingerprint density at radius 1 is 1.00 bits per heavy atom. The van der Waals surface area contributed by atoms with E-state index in [2.05, 4.69) is 22.4 Å². The summed E-state index contributed by atoms with van der Waals surface area (Å²) < 4.78 is 63.5. The predicted octanol–water partition coefficient (Wildman–Crippen LogP) is 3.67. The summed E-state index contributed by atoms with van der Waals surface area (Å²) in [5, 5.41) is 17.7.